The Balaban J connectivity index is 1.99. The quantitative estimate of drug-likeness (QED) is 0.577. The average Bonchev–Trinajstić information content (AvgIpc) is 3.12. The van der Waals surface area contributed by atoms with E-state index >= 15 is 0 Å². The monoisotopic (exact) mass is 424 g/mol. The van der Waals surface area contributed by atoms with Gasteiger partial charge in [-0.25, -0.2) is 9.78 Å². The number of methoxy groups -OCH3 is 1. The first kappa shape index (κ1) is 22.1. The molecule has 3 aromatic rings. The summed E-state index contributed by atoms with van der Waals surface area (Å²) in [5.41, 5.74) is 2.01. The summed E-state index contributed by atoms with van der Waals surface area (Å²) in [7, 11) is 1.54. The minimum atomic E-state index is -0.477. The Labute approximate surface area is 180 Å². The Morgan fingerprint density at radius 2 is 1.94 bits per heavy atom. The van der Waals surface area contributed by atoms with Crippen molar-refractivity contribution in [3.8, 4) is 11.7 Å². The third-order valence-electron chi connectivity index (χ3n) is 4.84. The third-order valence-corrected chi connectivity index (χ3v) is 4.84. The molecule has 1 aromatic carbocycles. The number of hydrogen-bond donors (Lipinski definition) is 3. The molecular weight excluding hydrogens is 396 g/mol. The zero-order valence-electron chi connectivity index (χ0n) is 18.7. The van der Waals surface area contributed by atoms with E-state index in [0.29, 0.717) is 34.9 Å². The molecule has 0 aliphatic carbocycles. The lowest BCUT2D eigenvalue weighted by Gasteiger charge is -2.14. The minimum Gasteiger partial charge on any atom is -0.495 e. The summed E-state index contributed by atoms with van der Waals surface area (Å²) in [5.74, 6) is 1.16. The van der Waals surface area contributed by atoms with Crippen molar-refractivity contribution in [2.45, 2.75) is 46.5 Å². The zero-order chi connectivity index (χ0) is 22.8. The van der Waals surface area contributed by atoms with Crippen LogP contribution >= 0.6 is 0 Å². The van der Waals surface area contributed by atoms with Crippen molar-refractivity contribution < 1.29 is 9.53 Å². The Morgan fingerprint density at radius 3 is 2.55 bits per heavy atom. The summed E-state index contributed by atoms with van der Waals surface area (Å²) in [6.45, 7) is 9.73. The van der Waals surface area contributed by atoms with Gasteiger partial charge in [0.1, 0.15) is 11.6 Å². The van der Waals surface area contributed by atoms with Crippen LogP contribution in [0.2, 0.25) is 0 Å². The number of aromatic nitrogens is 4. The van der Waals surface area contributed by atoms with Gasteiger partial charge < -0.3 is 10.1 Å². The zero-order valence-corrected chi connectivity index (χ0v) is 18.7. The van der Waals surface area contributed by atoms with Crippen molar-refractivity contribution in [2.75, 3.05) is 17.7 Å². The van der Waals surface area contributed by atoms with Crippen LogP contribution in [0.15, 0.2) is 35.1 Å². The smallest absolute Gasteiger partial charge is 0.324 e. The highest BCUT2D eigenvalue weighted by Gasteiger charge is 2.23. The van der Waals surface area contributed by atoms with Crippen molar-refractivity contribution in [1.29, 1.82) is 0 Å². The molecule has 9 nitrogen and oxygen atoms in total. The number of carbonyl (C=O) groups is 1. The van der Waals surface area contributed by atoms with E-state index in [1.54, 1.807) is 31.2 Å². The highest BCUT2D eigenvalue weighted by molar-refractivity contribution is 6.00. The predicted molar refractivity (Wildman–Crippen MR) is 120 cm³/mol. The van der Waals surface area contributed by atoms with Crippen molar-refractivity contribution in [2.24, 2.45) is 0 Å². The van der Waals surface area contributed by atoms with E-state index in [1.807, 2.05) is 33.8 Å². The molecule has 0 saturated heterocycles. The van der Waals surface area contributed by atoms with Crippen molar-refractivity contribution in [3.63, 3.8) is 0 Å². The molecule has 0 aliphatic heterocycles. The number of aryl methyl sites for hydroxylation is 1. The van der Waals surface area contributed by atoms with Gasteiger partial charge in [-0.15, -0.1) is 0 Å². The lowest BCUT2D eigenvalue weighted by atomic mass is 9.92. The van der Waals surface area contributed by atoms with Crippen LogP contribution in [0.1, 0.15) is 44.6 Å². The van der Waals surface area contributed by atoms with Gasteiger partial charge in [-0.05, 0) is 25.5 Å². The highest BCUT2D eigenvalue weighted by Crippen LogP contribution is 2.26. The molecule has 2 aromatic heterocycles. The molecule has 0 unspecified atom stereocenters. The number of amides is 2. The average molecular weight is 425 g/mol. The largest absolute Gasteiger partial charge is 0.495 e. The molecule has 3 N–H and O–H groups in total. The first-order valence-corrected chi connectivity index (χ1v) is 10.1. The van der Waals surface area contributed by atoms with E-state index in [1.165, 1.54) is 11.8 Å². The van der Waals surface area contributed by atoms with E-state index in [2.05, 4.69) is 25.7 Å². The number of aromatic amines is 1. The summed E-state index contributed by atoms with van der Waals surface area (Å²) in [6.07, 6.45) is 0.577. The number of nitrogens with zero attached hydrogens (tertiary/aromatic N) is 3. The number of nitrogens with one attached hydrogen (secondary N) is 3. The summed E-state index contributed by atoms with van der Waals surface area (Å²) in [5, 5.41) is 10.2. The predicted octanol–water partition coefficient (Wildman–Crippen LogP) is 3.78. The van der Waals surface area contributed by atoms with Gasteiger partial charge >= 0.3 is 6.03 Å². The molecule has 0 saturated carbocycles. The fourth-order valence-electron chi connectivity index (χ4n) is 3.13. The molecule has 31 heavy (non-hydrogen) atoms. The standard InChI is InChI=1S/C22H28N6O3/c1-7-14-13(2)23-20(26-19(14)29)28-18(12-17(27-28)22(3,4)5)25-21(30)24-15-10-8-9-11-16(15)31-6/h8-12H,7H2,1-6H3,(H,23,26,29)(H2,24,25,30). The Bertz CT molecular complexity index is 1160. The number of hydrogen-bond acceptors (Lipinski definition) is 5. The number of carbonyl (C=O) groups excluding carboxylic acids is 1. The van der Waals surface area contributed by atoms with E-state index in [0.717, 1.165) is 5.69 Å². The molecule has 0 atom stereocenters. The SMILES string of the molecule is CCc1c(C)nc(-n2nc(C(C)(C)C)cc2NC(=O)Nc2ccccc2OC)[nH]c1=O. The van der Waals surface area contributed by atoms with Crippen LogP contribution in [-0.4, -0.2) is 32.9 Å². The number of para-hydroxylation sites is 2. The molecule has 0 bridgehead atoms. The number of H-pyrrole nitrogens is 1. The van der Waals surface area contributed by atoms with Gasteiger partial charge in [-0.2, -0.15) is 9.78 Å². The van der Waals surface area contributed by atoms with Crippen LogP contribution in [-0.2, 0) is 11.8 Å². The molecule has 164 valence electrons. The van der Waals surface area contributed by atoms with E-state index < -0.39 is 6.03 Å². The number of anilines is 2. The fourth-order valence-corrected chi connectivity index (χ4v) is 3.13. The third kappa shape index (κ3) is 4.76. The van der Waals surface area contributed by atoms with E-state index in [4.69, 9.17) is 4.74 Å². The number of rotatable bonds is 5. The van der Waals surface area contributed by atoms with Crippen LogP contribution in [0.3, 0.4) is 0 Å². The molecule has 2 heterocycles. The van der Waals surface area contributed by atoms with Crippen LogP contribution in [0, 0.1) is 6.92 Å². The van der Waals surface area contributed by atoms with Crippen molar-refractivity contribution >= 4 is 17.5 Å². The number of ether oxygens (including phenoxy) is 1. The van der Waals surface area contributed by atoms with Crippen LogP contribution < -0.4 is 20.9 Å². The molecule has 0 aliphatic rings. The van der Waals surface area contributed by atoms with Gasteiger partial charge in [0, 0.05) is 22.7 Å². The molecule has 9 heteroatoms. The van der Waals surface area contributed by atoms with Gasteiger partial charge in [-0.3, -0.25) is 15.1 Å². The van der Waals surface area contributed by atoms with Gasteiger partial charge in [0.05, 0.1) is 18.5 Å². The molecule has 0 fully saturated rings. The first-order valence-electron chi connectivity index (χ1n) is 10.1. The second kappa shape index (κ2) is 8.63. The normalized spacial score (nSPS) is 11.3. The lowest BCUT2D eigenvalue weighted by molar-refractivity contribution is 0.262. The maximum Gasteiger partial charge on any atom is 0.324 e. The molecule has 3 rings (SSSR count). The van der Waals surface area contributed by atoms with Crippen molar-refractivity contribution in [3.05, 3.63) is 57.6 Å². The second-order valence-electron chi connectivity index (χ2n) is 8.16. The Hall–Kier alpha value is -3.62. The van der Waals surface area contributed by atoms with Crippen LogP contribution in [0.4, 0.5) is 16.3 Å². The molecule has 0 spiro atoms. The molecule has 2 amide bonds. The molecular formula is C22H28N6O3. The highest BCUT2D eigenvalue weighted by atomic mass is 16.5. The maximum absolute atomic E-state index is 12.7. The minimum absolute atomic E-state index is 0.220. The Kier molecular flexibility index (Phi) is 6.14. The van der Waals surface area contributed by atoms with Crippen molar-refractivity contribution in [1.82, 2.24) is 19.7 Å². The van der Waals surface area contributed by atoms with E-state index in [-0.39, 0.29) is 16.9 Å². The fraction of sp³-hybridized carbons (Fsp3) is 0.364. The van der Waals surface area contributed by atoms with Gasteiger partial charge in [0.15, 0.2) is 0 Å². The van der Waals surface area contributed by atoms with Crippen LogP contribution in [0.25, 0.3) is 5.95 Å². The summed E-state index contributed by atoms with van der Waals surface area (Å²) in [4.78, 5) is 32.5. The summed E-state index contributed by atoms with van der Waals surface area (Å²) < 4.78 is 6.72. The summed E-state index contributed by atoms with van der Waals surface area (Å²) in [6, 6.07) is 8.40. The van der Waals surface area contributed by atoms with Crippen LogP contribution in [0.5, 0.6) is 5.75 Å². The number of urea groups is 1. The number of benzene rings is 1. The van der Waals surface area contributed by atoms with Gasteiger partial charge in [-0.1, -0.05) is 39.8 Å². The topological polar surface area (TPSA) is 114 Å². The first-order chi connectivity index (χ1) is 14.6. The maximum atomic E-state index is 12.7. The van der Waals surface area contributed by atoms with Gasteiger partial charge in [0.25, 0.3) is 5.56 Å². The Morgan fingerprint density at radius 1 is 1.23 bits per heavy atom. The van der Waals surface area contributed by atoms with Gasteiger partial charge in [0.2, 0.25) is 5.95 Å². The second-order valence-corrected chi connectivity index (χ2v) is 8.16. The summed E-state index contributed by atoms with van der Waals surface area (Å²) >= 11 is 0. The lowest BCUT2D eigenvalue weighted by Crippen LogP contribution is -2.24. The van der Waals surface area contributed by atoms with E-state index in [9.17, 15) is 9.59 Å². The molecule has 0 radical (unpaired) electrons.